The van der Waals surface area contributed by atoms with Gasteiger partial charge in [-0.3, -0.25) is 9.13 Å². The highest BCUT2D eigenvalue weighted by molar-refractivity contribution is 6.30. The van der Waals surface area contributed by atoms with Gasteiger partial charge in [0.15, 0.2) is 11.7 Å². The summed E-state index contributed by atoms with van der Waals surface area (Å²) in [5.41, 5.74) is 0.601. The summed E-state index contributed by atoms with van der Waals surface area (Å²) in [6, 6.07) is 8.60. The van der Waals surface area contributed by atoms with E-state index in [-0.39, 0.29) is 12.1 Å². The molecule has 2 heterocycles. The molecule has 9 nitrogen and oxygen atoms in total. The maximum absolute atomic E-state index is 12.6. The molecule has 3 N–H and O–H groups in total. The molecule has 0 aliphatic carbocycles. The number of halogens is 1. The maximum Gasteiger partial charge on any atom is 0.331 e. The second-order valence-corrected chi connectivity index (χ2v) is 6.58. The first-order valence-electron chi connectivity index (χ1n) is 8.23. The molecule has 0 unspecified atom stereocenters. The standard InChI is InChI=1S/C17H20ClN3O6/c1-20-13(19-26-9-10-2-4-11(18)5-3-10)6-7-21(17(20)25)16-15(24)14(23)12(8-22)27-16/h2-7,12,14-16,22-24H,8-9H2,1H3/t12-,14-,15-,16-/m1/s1. The first-order chi connectivity index (χ1) is 12.9. The number of aromatic nitrogens is 2. The van der Waals surface area contributed by atoms with Crippen molar-refractivity contribution in [3.8, 4) is 0 Å². The average molecular weight is 398 g/mol. The van der Waals surface area contributed by atoms with Crippen molar-refractivity contribution in [3.63, 3.8) is 0 Å². The molecular weight excluding hydrogens is 378 g/mol. The van der Waals surface area contributed by atoms with Gasteiger partial charge in [0, 0.05) is 24.3 Å². The van der Waals surface area contributed by atoms with E-state index in [4.69, 9.17) is 26.3 Å². The van der Waals surface area contributed by atoms with Gasteiger partial charge in [-0.1, -0.05) is 28.9 Å². The van der Waals surface area contributed by atoms with E-state index in [2.05, 4.69) is 5.16 Å². The Labute approximate surface area is 159 Å². The lowest BCUT2D eigenvalue weighted by Crippen LogP contribution is -2.42. The number of hydrogen-bond donors (Lipinski definition) is 3. The fourth-order valence-corrected chi connectivity index (χ4v) is 2.87. The summed E-state index contributed by atoms with van der Waals surface area (Å²) in [7, 11) is 1.49. The Morgan fingerprint density at radius 1 is 1.22 bits per heavy atom. The van der Waals surface area contributed by atoms with Crippen LogP contribution in [0.3, 0.4) is 0 Å². The predicted molar refractivity (Wildman–Crippen MR) is 94.5 cm³/mol. The van der Waals surface area contributed by atoms with Gasteiger partial charge in [0.1, 0.15) is 24.9 Å². The molecule has 10 heteroatoms. The van der Waals surface area contributed by atoms with Crippen LogP contribution >= 0.6 is 11.6 Å². The summed E-state index contributed by atoms with van der Waals surface area (Å²) in [5.74, 6) is 0. The van der Waals surface area contributed by atoms with E-state index in [1.807, 2.05) is 0 Å². The summed E-state index contributed by atoms with van der Waals surface area (Å²) in [4.78, 5) is 17.8. The average Bonchev–Trinajstić information content (AvgIpc) is 2.95. The SMILES string of the molecule is Cn1c(=NOCc2ccc(Cl)cc2)ccn([C@@H]2O[C@H](CO)[C@@H](O)[C@H]2O)c1=O. The normalized spacial score (nSPS) is 25.7. The molecule has 1 aromatic carbocycles. The van der Waals surface area contributed by atoms with Gasteiger partial charge in [-0.2, -0.15) is 0 Å². The third-order valence-corrected chi connectivity index (χ3v) is 4.58. The first-order valence-corrected chi connectivity index (χ1v) is 8.61. The minimum atomic E-state index is -1.34. The van der Waals surface area contributed by atoms with Gasteiger partial charge in [0.05, 0.1) is 6.61 Å². The Hall–Kier alpha value is -2.17. The van der Waals surface area contributed by atoms with Crippen LogP contribution in [0.4, 0.5) is 0 Å². The molecule has 0 saturated carbocycles. The van der Waals surface area contributed by atoms with E-state index in [1.165, 1.54) is 23.9 Å². The Kier molecular flexibility index (Phi) is 5.98. The zero-order chi connectivity index (χ0) is 19.6. The molecule has 1 saturated heterocycles. The van der Waals surface area contributed by atoms with Crippen LogP contribution in [0.2, 0.25) is 5.02 Å². The monoisotopic (exact) mass is 397 g/mol. The number of benzene rings is 1. The number of hydrogen-bond acceptors (Lipinski definition) is 7. The Bertz CT molecular complexity index is 910. The zero-order valence-corrected chi connectivity index (χ0v) is 15.2. The fraction of sp³-hybridized carbons (Fsp3) is 0.412. The lowest BCUT2D eigenvalue weighted by atomic mass is 10.1. The quantitative estimate of drug-likeness (QED) is 0.584. The van der Waals surface area contributed by atoms with Crippen molar-refractivity contribution in [1.82, 2.24) is 9.13 Å². The molecule has 146 valence electrons. The molecular formula is C17H20ClN3O6. The van der Waals surface area contributed by atoms with E-state index < -0.39 is 36.8 Å². The van der Waals surface area contributed by atoms with E-state index in [0.29, 0.717) is 5.02 Å². The van der Waals surface area contributed by atoms with Crippen LogP contribution in [0, 0.1) is 0 Å². The minimum Gasteiger partial charge on any atom is -0.394 e. The van der Waals surface area contributed by atoms with E-state index in [1.54, 1.807) is 24.3 Å². The van der Waals surface area contributed by atoms with Crippen molar-refractivity contribution in [1.29, 1.82) is 0 Å². The van der Waals surface area contributed by atoms with Gasteiger partial charge in [-0.25, -0.2) is 4.79 Å². The second-order valence-electron chi connectivity index (χ2n) is 6.14. The van der Waals surface area contributed by atoms with Gasteiger partial charge in [0.2, 0.25) is 0 Å². The number of ether oxygens (including phenoxy) is 1. The molecule has 0 amide bonds. The molecule has 27 heavy (non-hydrogen) atoms. The predicted octanol–water partition coefficient (Wildman–Crippen LogP) is -0.516. The topological polar surface area (TPSA) is 118 Å². The van der Waals surface area contributed by atoms with Gasteiger partial charge < -0.3 is 24.9 Å². The molecule has 1 aliphatic rings. The highest BCUT2D eigenvalue weighted by Crippen LogP contribution is 2.27. The summed E-state index contributed by atoms with van der Waals surface area (Å²) in [5, 5.41) is 33.6. The number of rotatable bonds is 5. The Morgan fingerprint density at radius 2 is 1.93 bits per heavy atom. The summed E-state index contributed by atoms with van der Waals surface area (Å²) >= 11 is 5.82. The minimum absolute atomic E-state index is 0.203. The van der Waals surface area contributed by atoms with Crippen molar-refractivity contribution in [2.75, 3.05) is 6.61 Å². The lowest BCUT2D eigenvalue weighted by molar-refractivity contribution is -0.0555. The van der Waals surface area contributed by atoms with Crippen molar-refractivity contribution in [3.05, 3.63) is 63.1 Å². The van der Waals surface area contributed by atoms with E-state index in [9.17, 15) is 15.0 Å². The number of aliphatic hydroxyl groups is 3. The van der Waals surface area contributed by atoms with Crippen LogP contribution in [0.25, 0.3) is 0 Å². The van der Waals surface area contributed by atoms with Crippen LogP contribution in [0.5, 0.6) is 0 Å². The van der Waals surface area contributed by atoms with Crippen LogP contribution < -0.4 is 11.2 Å². The van der Waals surface area contributed by atoms with Crippen molar-refractivity contribution in [2.24, 2.45) is 12.2 Å². The van der Waals surface area contributed by atoms with Crippen molar-refractivity contribution in [2.45, 2.75) is 31.1 Å². The van der Waals surface area contributed by atoms with Crippen molar-refractivity contribution >= 4 is 11.6 Å². The van der Waals surface area contributed by atoms with Crippen LogP contribution in [-0.2, 0) is 23.2 Å². The van der Waals surface area contributed by atoms with E-state index >= 15 is 0 Å². The molecule has 2 aromatic rings. The lowest BCUT2D eigenvalue weighted by Gasteiger charge is -2.18. The molecule has 3 rings (SSSR count). The van der Waals surface area contributed by atoms with Gasteiger partial charge in [-0.05, 0) is 17.7 Å². The molecule has 0 radical (unpaired) electrons. The number of nitrogens with zero attached hydrogens (tertiary/aromatic N) is 3. The Balaban J connectivity index is 1.79. The second kappa shape index (κ2) is 8.24. The van der Waals surface area contributed by atoms with E-state index in [0.717, 1.165) is 10.1 Å². The highest BCUT2D eigenvalue weighted by Gasteiger charge is 2.43. The maximum atomic E-state index is 12.6. The van der Waals surface area contributed by atoms with Crippen LogP contribution in [-0.4, -0.2) is 49.4 Å². The van der Waals surface area contributed by atoms with Gasteiger partial charge in [-0.15, -0.1) is 0 Å². The highest BCUT2D eigenvalue weighted by atomic mass is 35.5. The smallest absolute Gasteiger partial charge is 0.331 e. The Morgan fingerprint density at radius 3 is 2.56 bits per heavy atom. The summed E-state index contributed by atoms with van der Waals surface area (Å²) in [6.07, 6.45) is -3.32. The summed E-state index contributed by atoms with van der Waals surface area (Å²) < 4.78 is 7.72. The molecule has 1 aliphatic heterocycles. The zero-order valence-electron chi connectivity index (χ0n) is 14.5. The summed E-state index contributed by atoms with van der Waals surface area (Å²) in [6.45, 7) is -0.267. The first kappa shape index (κ1) is 19.6. The molecule has 1 aromatic heterocycles. The molecule has 0 spiro atoms. The van der Waals surface area contributed by atoms with Gasteiger partial charge >= 0.3 is 5.69 Å². The molecule has 4 atom stereocenters. The third-order valence-electron chi connectivity index (χ3n) is 4.33. The van der Waals surface area contributed by atoms with Crippen LogP contribution in [0.15, 0.2) is 46.5 Å². The molecule has 0 bridgehead atoms. The molecule has 1 fully saturated rings. The largest absolute Gasteiger partial charge is 0.394 e. The van der Waals surface area contributed by atoms with Crippen molar-refractivity contribution < 1.29 is 24.9 Å². The van der Waals surface area contributed by atoms with Crippen LogP contribution in [0.1, 0.15) is 11.8 Å². The third kappa shape index (κ3) is 4.07. The number of aliphatic hydroxyl groups excluding tert-OH is 3. The fourth-order valence-electron chi connectivity index (χ4n) is 2.74. The van der Waals surface area contributed by atoms with Gasteiger partial charge in [0.25, 0.3) is 0 Å².